The fraction of sp³-hybridized carbons (Fsp3) is 0.552. The maximum atomic E-state index is 11.5. The number of rotatable bonds is 1. The molecule has 4 N–H and O–H groups in total. The van der Waals surface area contributed by atoms with Crippen LogP contribution in [0.4, 0.5) is 0 Å². The average Bonchev–Trinajstić information content (AvgIpc) is 2.99. The van der Waals surface area contributed by atoms with Crippen molar-refractivity contribution in [3.8, 4) is 0 Å². The van der Waals surface area contributed by atoms with E-state index in [1.807, 2.05) is 25.3 Å². The Kier molecular flexibility index (Phi) is 5.09. The monoisotopic (exact) mass is 461 g/mol. The van der Waals surface area contributed by atoms with Gasteiger partial charge in [0.25, 0.3) is 0 Å². The SMILES string of the molecule is CC1CC2(O)CCC3C(=CCC4(C)C3CC(O)C4c3ccc4ccncc4c3)C=C2C(O)C1O. The Morgan fingerprint density at radius 3 is 2.74 bits per heavy atom. The molecule has 2 aromatic rings. The normalized spacial score (nSPS) is 43.9. The quantitative estimate of drug-likeness (QED) is 0.517. The predicted molar refractivity (Wildman–Crippen MR) is 131 cm³/mol. The fourth-order valence-corrected chi connectivity index (χ4v) is 7.97. The minimum atomic E-state index is -1.07. The van der Waals surface area contributed by atoms with Crippen molar-refractivity contribution in [3.05, 3.63) is 65.5 Å². The molecular weight excluding hydrogens is 426 g/mol. The van der Waals surface area contributed by atoms with E-state index in [9.17, 15) is 20.4 Å². The van der Waals surface area contributed by atoms with Crippen LogP contribution in [0, 0.1) is 23.2 Å². The van der Waals surface area contributed by atoms with Gasteiger partial charge in [-0.25, -0.2) is 0 Å². The van der Waals surface area contributed by atoms with Crippen LogP contribution >= 0.6 is 0 Å². The van der Waals surface area contributed by atoms with Gasteiger partial charge < -0.3 is 20.4 Å². The van der Waals surface area contributed by atoms with E-state index in [1.165, 1.54) is 5.56 Å². The van der Waals surface area contributed by atoms with Gasteiger partial charge in [0.1, 0.15) is 6.10 Å². The summed E-state index contributed by atoms with van der Waals surface area (Å²) in [6.07, 6.45) is 9.07. The molecule has 0 saturated heterocycles. The number of hydrogen-bond donors (Lipinski definition) is 4. The van der Waals surface area contributed by atoms with Gasteiger partial charge in [-0.15, -0.1) is 0 Å². The number of aliphatic hydroxyl groups excluding tert-OH is 3. The molecule has 0 amide bonds. The minimum absolute atomic E-state index is 0.0358. The molecule has 1 aromatic heterocycles. The van der Waals surface area contributed by atoms with Crippen molar-refractivity contribution in [2.45, 2.75) is 75.8 Å². The highest BCUT2D eigenvalue weighted by molar-refractivity contribution is 5.82. The van der Waals surface area contributed by atoms with Crippen LogP contribution in [-0.4, -0.2) is 49.3 Å². The number of allylic oxidation sites excluding steroid dienone is 3. The van der Waals surface area contributed by atoms with Crippen molar-refractivity contribution in [3.63, 3.8) is 0 Å². The van der Waals surface area contributed by atoms with Crippen LogP contribution in [0.1, 0.15) is 57.4 Å². The van der Waals surface area contributed by atoms with E-state index in [4.69, 9.17) is 0 Å². The molecular formula is C29H35NO4. The highest BCUT2D eigenvalue weighted by Crippen LogP contribution is 2.63. The molecule has 4 aliphatic rings. The van der Waals surface area contributed by atoms with Crippen molar-refractivity contribution < 1.29 is 20.4 Å². The summed E-state index contributed by atoms with van der Waals surface area (Å²) < 4.78 is 0. The van der Waals surface area contributed by atoms with Crippen molar-refractivity contribution in [2.24, 2.45) is 23.2 Å². The summed E-state index contributed by atoms with van der Waals surface area (Å²) in [7, 11) is 0. The fourth-order valence-electron chi connectivity index (χ4n) is 7.97. The Morgan fingerprint density at radius 1 is 1.09 bits per heavy atom. The smallest absolute Gasteiger partial charge is 0.104 e. The minimum Gasteiger partial charge on any atom is -0.392 e. The maximum absolute atomic E-state index is 11.5. The zero-order valence-corrected chi connectivity index (χ0v) is 19.9. The number of aromatic nitrogens is 1. The van der Waals surface area contributed by atoms with Gasteiger partial charge in [-0.3, -0.25) is 4.98 Å². The second-order valence-electron chi connectivity index (χ2n) is 11.7. The van der Waals surface area contributed by atoms with Crippen molar-refractivity contribution in [1.82, 2.24) is 4.98 Å². The standard InChI is InChI=1S/C29H35NO4/c1-16-14-29(34)9-6-21-18(12-23(29)27(33)26(16)32)5-8-28(2)22(21)13-24(31)25(28)19-4-3-17-7-10-30-15-20(17)11-19/h3-5,7,10-12,15-16,21-22,24-27,31-34H,6,8-9,13-14H2,1-2H3. The van der Waals surface area contributed by atoms with E-state index in [2.05, 4.69) is 36.2 Å². The van der Waals surface area contributed by atoms with Crippen molar-refractivity contribution in [1.29, 1.82) is 0 Å². The lowest BCUT2D eigenvalue weighted by atomic mass is 9.60. The molecule has 5 nitrogen and oxygen atoms in total. The third kappa shape index (κ3) is 3.17. The number of aliphatic hydroxyl groups is 4. The lowest BCUT2D eigenvalue weighted by Crippen LogP contribution is -2.51. The summed E-state index contributed by atoms with van der Waals surface area (Å²) in [5.41, 5.74) is 1.74. The zero-order valence-electron chi connectivity index (χ0n) is 19.9. The summed E-state index contributed by atoms with van der Waals surface area (Å²) in [5, 5.41) is 46.5. The molecule has 4 aliphatic carbocycles. The molecule has 9 atom stereocenters. The summed E-state index contributed by atoms with van der Waals surface area (Å²) in [4.78, 5) is 4.28. The molecule has 1 aromatic carbocycles. The Bertz CT molecular complexity index is 1190. The molecule has 6 rings (SSSR count). The summed E-state index contributed by atoms with van der Waals surface area (Å²) in [6.45, 7) is 4.22. The average molecular weight is 462 g/mol. The highest BCUT2D eigenvalue weighted by Gasteiger charge is 2.57. The predicted octanol–water partition coefficient (Wildman–Crippen LogP) is 3.86. The lowest BCUT2D eigenvalue weighted by molar-refractivity contribution is -0.0825. The van der Waals surface area contributed by atoms with Gasteiger partial charge in [0, 0.05) is 23.7 Å². The second-order valence-corrected chi connectivity index (χ2v) is 11.7. The van der Waals surface area contributed by atoms with Crippen molar-refractivity contribution in [2.75, 3.05) is 0 Å². The van der Waals surface area contributed by atoms with E-state index in [-0.39, 0.29) is 29.1 Å². The van der Waals surface area contributed by atoms with Crippen LogP contribution in [0.2, 0.25) is 0 Å². The van der Waals surface area contributed by atoms with Gasteiger partial charge in [0.2, 0.25) is 0 Å². The van der Waals surface area contributed by atoms with Crippen LogP contribution in [0.3, 0.4) is 0 Å². The third-order valence-corrected chi connectivity index (χ3v) is 9.77. The molecule has 180 valence electrons. The first-order chi connectivity index (χ1) is 16.2. The Balaban J connectivity index is 1.38. The zero-order chi connectivity index (χ0) is 23.8. The summed E-state index contributed by atoms with van der Waals surface area (Å²) in [6, 6.07) is 8.49. The molecule has 0 radical (unpaired) electrons. The Morgan fingerprint density at radius 2 is 1.91 bits per heavy atom. The van der Waals surface area contributed by atoms with Crippen LogP contribution in [0.5, 0.6) is 0 Å². The first-order valence-corrected chi connectivity index (χ1v) is 12.7. The van der Waals surface area contributed by atoms with E-state index in [1.54, 1.807) is 6.20 Å². The maximum Gasteiger partial charge on any atom is 0.104 e. The third-order valence-electron chi connectivity index (χ3n) is 9.77. The number of pyridine rings is 1. The molecule has 9 unspecified atom stereocenters. The van der Waals surface area contributed by atoms with E-state index in [0.29, 0.717) is 18.4 Å². The Labute approximate surface area is 200 Å². The van der Waals surface area contributed by atoms with E-state index < -0.39 is 23.9 Å². The van der Waals surface area contributed by atoms with Crippen molar-refractivity contribution >= 4 is 10.8 Å². The summed E-state index contributed by atoms with van der Waals surface area (Å²) in [5.74, 6) is 0.393. The number of benzene rings is 1. The van der Waals surface area contributed by atoms with Crippen LogP contribution in [0.15, 0.2) is 60.0 Å². The van der Waals surface area contributed by atoms with Gasteiger partial charge in [0.15, 0.2) is 0 Å². The highest BCUT2D eigenvalue weighted by atomic mass is 16.3. The molecule has 5 heteroatoms. The molecule has 1 heterocycles. The number of fused-ring (bicyclic) bond motifs is 5. The topological polar surface area (TPSA) is 93.8 Å². The van der Waals surface area contributed by atoms with E-state index in [0.717, 1.165) is 35.6 Å². The largest absolute Gasteiger partial charge is 0.392 e. The van der Waals surface area contributed by atoms with Crippen LogP contribution in [0.25, 0.3) is 10.8 Å². The molecule has 2 fully saturated rings. The van der Waals surface area contributed by atoms with Gasteiger partial charge >= 0.3 is 0 Å². The molecule has 2 saturated carbocycles. The lowest BCUT2D eigenvalue weighted by Gasteiger charge is -2.44. The number of hydrogen-bond acceptors (Lipinski definition) is 5. The molecule has 0 bridgehead atoms. The van der Waals surface area contributed by atoms with Gasteiger partial charge in [-0.2, -0.15) is 0 Å². The Hall–Kier alpha value is -2.05. The molecule has 0 spiro atoms. The van der Waals surface area contributed by atoms with Crippen LogP contribution in [-0.2, 0) is 0 Å². The molecule has 34 heavy (non-hydrogen) atoms. The molecule has 0 aliphatic heterocycles. The first-order valence-electron chi connectivity index (χ1n) is 12.7. The second kappa shape index (κ2) is 7.72. The van der Waals surface area contributed by atoms with Crippen LogP contribution < -0.4 is 0 Å². The van der Waals surface area contributed by atoms with Gasteiger partial charge in [0.05, 0.1) is 17.8 Å². The van der Waals surface area contributed by atoms with E-state index >= 15 is 0 Å². The van der Waals surface area contributed by atoms with Gasteiger partial charge in [-0.1, -0.05) is 38.1 Å². The first kappa shape index (κ1) is 22.4. The summed E-state index contributed by atoms with van der Waals surface area (Å²) >= 11 is 0. The number of nitrogens with zero attached hydrogens (tertiary/aromatic N) is 1. The van der Waals surface area contributed by atoms with Gasteiger partial charge in [-0.05, 0) is 89.5 Å².